The van der Waals surface area contributed by atoms with E-state index in [2.05, 4.69) is 25.7 Å². The first kappa shape index (κ1) is 13.0. The van der Waals surface area contributed by atoms with Gasteiger partial charge in [0.2, 0.25) is 0 Å². The Bertz CT molecular complexity index is 586. The average molecular weight is 261 g/mol. The number of aldehydes is 1. The van der Waals surface area contributed by atoms with Crippen molar-refractivity contribution in [3.8, 4) is 0 Å². The Hall–Kier alpha value is -2.44. The molecule has 1 amide bonds. The quantitative estimate of drug-likeness (QED) is 0.683. The van der Waals surface area contributed by atoms with E-state index < -0.39 is 0 Å². The molecular weight excluding hydrogens is 246 g/mol. The van der Waals surface area contributed by atoms with Crippen molar-refractivity contribution >= 4 is 12.2 Å². The Labute approximate surface area is 109 Å². The molecule has 2 aromatic rings. The molecule has 0 saturated heterocycles. The number of H-pyrrole nitrogens is 2. The van der Waals surface area contributed by atoms with Crippen LogP contribution in [0.5, 0.6) is 0 Å². The molecule has 2 aromatic heterocycles. The van der Waals surface area contributed by atoms with Crippen LogP contribution in [0.1, 0.15) is 37.8 Å². The maximum Gasteiger partial charge on any atom is 0.253 e. The van der Waals surface area contributed by atoms with Gasteiger partial charge in [0.15, 0.2) is 6.29 Å². The highest BCUT2D eigenvalue weighted by Crippen LogP contribution is 2.16. The van der Waals surface area contributed by atoms with Gasteiger partial charge in [-0.25, -0.2) is 0 Å². The van der Waals surface area contributed by atoms with E-state index in [-0.39, 0.29) is 5.91 Å². The minimum atomic E-state index is -0.192. The second-order valence-electron chi connectivity index (χ2n) is 4.25. The number of amides is 1. The summed E-state index contributed by atoms with van der Waals surface area (Å²) in [6.07, 6.45) is 2.93. The predicted octanol–water partition coefficient (Wildman–Crippen LogP) is 0.535. The van der Waals surface area contributed by atoms with Crippen molar-refractivity contribution in [2.24, 2.45) is 0 Å². The first-order chi connectivity index (χ1) is 9.13. The zero-order valence-electron chi connectivity index (χ0n) is 10.8. The molecule has 2 heterocycles. The van der Waals surface area contributed by atoms with Crippen molar-refractivity contribution in [2.45, 2.75) is 20.3 Å². The van der Waals surface area contributed by atoms with Gasteiger partial charge in [-0.1, -0.05) is 0 Å². The van der Waals surface area contributed by atoms with Crippen molar-refractivity contribution in [1.82, 2.24) is 25.7 Å². The van der Waals surface area contributed by atoms with E-state index in [9.17, 15) is 9.59 Å². The lowest BCUT2D eigenvalue weighted by Gasteiger charge is -2.04. The zero-order valence-corrected chi connectivity index (χ0v) is 10.8. The van der Waals surface area contributed by atoms with E-state index in [1.807, 2.05) is 0 Å². The molecule has 0 aliphatic rings. The van der Waals surface area contributed by atoms with E-state index >= 15 is 0 Å². The molecule has 7 nitrogen and oxygen atoms in total. The van der Waals surface area contributed by atoms with Crippen LogP contribution in [0, 0.1) is 13.8 Å². The van der Waals surface area contributed by atoms with Crippen LogP contribution in [0.3, 0.4) is 0 Å². The van der Waals surface area contributed by atoms with Gasteiger partial charge in [-0.05, 0) is 19.4 Å². The monoisotopic (exact) mass is 261 g/mol. The van der Waals surface area contributed by atoms with E-state index in [0.717, 1.165) is 5.69 Å². The third-order valence-electron chi connectivity index (χ3n) is 2.95. The molecule has 0 fully saturated rings. The van der Waals surface area contributed by atoms with Crippen LogP contribution in [-0.4, -0.2) is 39.1 Å². The number of nitrogens with zero attached hydrogens (tertiary/aromatic N) is 2. The fraction of sp³-hybridized carbons (Fsp3) is 0.333. The zero-order chi connectivity index (χ0) is 13.8. The van der Waals surface area contributed by atoms with E-state index in [1.54, 1.807) is 20.0 Å². The van der Waals surface area contributed by atoms with Gasteiger partial charge in [-0.2, -0.15) is 15.4 Å². The van der Waals surface area contributed by atoms with Crippen LogP contribution in [0.4, 0.5) is 0 Å². The maximum atomic E-state index is 12.1. The Morgan fingerprint density at radius 1 is 1.47 bits per heavy atom. The second-order valence-corrected chi connectivity index (χ2v) is 4.25. The SMILES string of the molecule is Cc1[nH]c(C=O)c(C)c1C(=O)NCCc1cn[nH]n1. The van der Waals surface area contributed by atoms with Crippen LogP contribution in [0.2, 0.25) is 0 Å². The number of hydrogen-bond donors (Lipinski definition) is 3. The molecule has 100 valence electrons. The summed E-state index contributed by atoms with van der Waals surface area (Å²) in [5, 5.41) is 12.9. The molecule has 7 heteroatoms. The van der Waals surface area contributed by atoms with Gasteiger partial charge in [-0.3, -0.25) is 9.59 Å². The van der Waals surface area contributed by atoms with E-state index in [4.69, 9.17) is 0 Å². The van der Waals surface area contributed by atoms with E-state index in [0.29, 0.717) is 41.8 Å². The minimum absolute atomic E-state index is 0.192. The molecule has 0 aliphatic heterocycles. The van der Waals surface area contributed by atoms with Crippen molar-refractivity contribution < 1.29 is 9.59 Å². The summed E-state index contributed by atoms with van der Waals surface area (Å²) in [7, 11) is 0. The molecule has 0 saturated carbocycles. The molecular formula is C12H15N5O2. The van der Waals surface area contributed by atoms with Crippen molar-refractivity contribution in [1.29, 1.82) is 0 Å². The summed E-state index contributed by atoms with van der Waals surface area (Å²) in [5.41, 5.74) is 3.13. The van der Waals surface area contributed by atoms with Crippen molar-refractivity contribution in [3.63, 3.8) is 0 Å². The van der Waals surface area contributed by atoms with E-state index in [1.165, 1.54) is 0 Å². The standard InChI is InChI=1S/C12H15N5O2/c1-7-10(6-18)15-8(2)11(7)12(19)13-4-3-9-5-14-17-16-9/h5-6,15H,3-4H2,1-2H3,(H,13,19)(H,14,16,17). The molecule has 3 N–H and O–H groups in total. The number of aryl methyl sites for hydroxylation is 1. The Kier molecular flexibility index (Phi) is 3.74. The summed E-state index contributed by atoms with van der Waals surface area (Å²) in [6, 6.07) is 0. The molecule has 0 unspecified atom stereocenters. The molecule has 0 spiro atoms. The number of hydrogen-bond acceptors (Lipinski definition) is 4. The van der Waals surface area contributed by atoms with Gasteiger partial charge >= 0.3 is 0 Å². The van der Waals surface area contributed by atoms with Crippen LogP contribution < -0.4 is 5.32 Å². The number of aromatic amines is 2. The third kappa shape index (κ3) is 2.70. The lowest BCUT2D eigenvalue weighted by molar-refractivity contribution is 0.0953. The molecule has 0 bridgehead atoms. The lowest BCUT2D eigenvalue weighted by Crippen LogP contribution is -2.26. The summed E-state index contributed by atoms with van der Waals surface area (Å²) >= 11 is 0. The maximum absolute atomic E-state index is 12.1. The fourth-order valence-corrected chi connectivity index (χ4v) is 1.97. The Balaban J connectivity index is 2.00. The molecule has 0 atom stereocenters. The normalized spacial score (nSPS) is 10.4. The van der Waals surface area contributed by atoms with Gasteiger partial charge in [0.1, 0.15) is 0 Å². The van der Waals surface area contributed by atoms with Gasteiger partial charge in [0.05, 0.1) is 23.1 Å². The van der Waals surface area contributed by atoms with Crippen molar-refractivity contribution in [2.75, 3.05) is 6.54 Å². The van der Waals surface area contributed by atoms with Gasteiger partial charge in [0, 0.05) is 18.7 Å². The first-order valence-corrected chi connectivity index (χ1v) is 5.90. The van der Waals surface area contributed by atoms with Gasteiger partial charge in [-0.15, -0.1) is 0 Å². The van der Waals surface area contributed by atoms with Crippen LogP contribution in [-0.2, 0) is 6.42 Å². The average Bonchev–Trinajstić information content (AvgIpc) is 2.97. The first-order valence-electron chi connectivity index (χ1n) is 5.90. The minimum Gasteiger partial charge on any atom is -0.356 e. The fourth-order valence-electron chi connectivity index (χ4n) is 1.97. The molecule has 0 aromatic carbocycles. The number of aromatic nitrogens is 4. The Morgan fingerprint density at radius 2 is 2.26 bits per heavy atom. The molecule has 0 radical (unpaired) electrons. The second kappa shape index (κ2) is 5.47. The molecule has 2 rings (SSSR count). The topological polar surface area (TPSA) is 104 Å². The summed E-state index contributed by atoms with van der Waals surface area (Å²) < 4.78 is 0. The smallest absolute Gasteiger partial charge is 0.253 e. The predicted molar refractivity (Wildman–Crippen MR) is 68.1 cm³/mol. The lowest BCUT2D eigenvalue weighted by atomic mass is 10.1. The third-order valence-corrected chi connectivity index (χ3v) is 2.95. The number of carbonyl (C=O) groups is 2. The number of nitrogens with one attached hydrogen (secondary N) is 3. The van der Waals surface area contributed by atoms with Crippen LogP contribution in [0.25, 0.3) is 0 Å². The van der Waals surface area contributed by atoms with Gasteiger partial charge in [0.25, 0.3) is 5.91 Å². The molecule has 0 aliphatic carbocycles. The highest BCUT2D eigenvalue weighted by Gasteiger charge is 2.17. The summed E-state index contributed by atoms with van der Waals surface area (Å²) in [5.74, 6) is -0.192. The number of rotatable bonds is 5. The van der Waals surface area contributed by atoms with Crippen LogP contribution in [0.15, 0.2) is 6.20 Å². The summed E-state index contributed by atoms with van der Waals surface area (Å²) in [6.45, 7) is 3.98. The van der Waals surface area contributed by atoms with Gasteiger partial charge < -0.3 is 10.3 Å². The Morgan fingerprint density at radius 3 is 2.84 bits per heavy atom. The highest BCUT2D eigenvalue weighted by atomic mass is 16.1. The largest absolute Gasteiger partial charge is 0.356 e. The van der Waals surface area contributed by atoms with Crippen LogP contribution >= 0.6 is 0 Å². The number of carbonyl (C=O) groups excluding carboxylic acids is 2. The highest BCUT2D eigenvalue weighted by molar-refractivity contribution is 5.99. The van der Waals surface area contributed by atoms with Crippen molar-refractivity contribution in [3.05, 3.63) is 34.4 Å². The molecule has 19 heavy (non-hydrogen) atoms. The summed E-state index contributed by atoms with van der Waals surface area (Å²) in [4.78, 5) is 25.7.